The van der Waals surface area contributed by atoms with Gasteiger partial charge in [0.2, 0.25) is 5.91 Å². The third-order valence-corrected chi connectivity index (χ3v) is 5.53. The molecule has 166 valence electrons. The first-order chi connectivity index (χ1) is 15.9. The highest BCUT2D eigenvalue weighted by molar-refractivity contribution is 6.30. The number of nitrogens with two attached hydrogens (primary N) is 1. The van der Waals surface area contributed by atoms with Crippen molar-refractivity contribution in [2.45, 2.75) is 6.92 Å². The van der Waals surface area contributed by atoms with E-state index in [1.54, 1.807) is 43.7 Å². The Morgan fingerprint density at radius 3 is 2.48 bits per heavy atom. The molecule has 33 heavy (non-hydrogen) atoms. The van der Waals surface area contributed by atoms with Gasteiger partial charge in [-0.15, -0.1) is 0 Å². The molecule has 6 nitrogen and oxygen atoms in total. The van der Waals surface area contributed by atoms with Crippen LogP contribution in [0, 0.1) is 0 Å². The number of anilines is 1. The maximum absolute atomic E-state index is 12.7. The summed E-state index contributed by atoms with van der Waals surface area (Å²) in [6, 6.07) is 17.8. The Kier molecular flexibility index (Phi) is 6.20. The predicted molar refractivity (Wildman–Crippen MR) is 130 cm³/mol. The van der Waals surface area contributed by atoms with Gasteiger partial charge < -0.3 is 20.2 Å². The number of primary amides is 1. The topological polar surface area (TPSA) is 94.6 Å². The van der Waals surface area contributed by atoms with E-state index in [-0.39, 0.29) is 5.56 Å². The molecule has 4 aromatic rings. The molecule has 0 atom stereocenters. The van der Waals surface area contributed by atoms with Crippen LogP contribution in [0.5, 0.6) is 5.75 Å². The largest absolute Gasteiger partial charge is 0.496 e. The van der Waals surface area contributed by atoms with E-state index < -0.39 is 11.8 Å². The van der Waals surface area contributed by atoms with Crippen molar-refractivity contribution in [2.24, 2.45) is 5.73 Å². The number of nitrogens with one attached hydrogen (secondary N) is 1. The Hall–Kier alpha value is -4.03. The minimum absolute atomic E-state index is 0.238. The summed E-state index contributed by atoms with van der Waals surface area (Å²) >= 11 is 6.02. The van der Waals surface area contributed by atoms with E-state index in [4.69, 9.17) is 26.5 Å². The van der Waals surface area contributed by atoms with Gasteiger partial charge in [-0.2, -0.15) is 0 Å². The number of hydrogen-bond acceptors (Lipinski definition) is 4. The predicted octanol–water partition coefficient (Wildman–Crippen LogP) is 5.90. The molecule has 0 aliphatic carbocycles. The molecule has 0 saturated carbocycles. The van der Waals surface area contributed by atoms with Crippen molar-refractivity contribution in [2.75, 3.05) is 12.4 Å². The molecule has 7 heteroatoms. The zero-order chi connectivity index (χ0) is 23.5. The first-order valence-electron chi connectivity index (χ1n) is 10.1. The van der Waals surface area contributed by atoms with Crippen molar-refractivity contribution < 1.29 is 18.7 Å². The smallest absolute Gasteiger partial charge is 0.250 e. The quantitative estimate of drug-likeness (QED) is 0.350. The summed E-state index contributed by atoms with van der Waals surface area (Å²) in [4.78, 5) is 24.3. The third kappa shape index (κ3) is 4.61. The van der Waals surface area contributed by atoms with Crippen LogP contribution in [0.1, 0.15) is 22.8 Å². The standard InChI is InChI=1S/C26H21ClN2O4/c1-15(11-25(30)29-22-6-4-3-5-18(22)26(28)31)19-12-20-21(16-7-9-17(27)10-8-16)14-33-24(20)13-23(19)32-2/h3-14H,1-2H3,(H2,28,31)(H,29,30)/b15-11+. The number of carbonyl (C=O) groups is 2. The number of amides is 2. The average Bonchev–Trinajstić information content (AvgIpc) is 3.21. The van der Waals surface area contributed by atoms with Crippen LogP contribution >= 0.6 is 11.6 Å². The maximum atomic E-state index is 12.7. The number of allylic oxidation sites excluding steroid dienone is 1. The second-order valence-electron chi connectivity index (χ2n) is 7.43. The Labute approximate surface area is 195 Å². The number of ether oxygens (including phenoxy) is 1. The van der Waals surface area contributed by atoms with E-state index in [1.807, 2.05) is 37.3 Å². The number of methoxy groups -OCH3 is 1. The minimum atomic E-state index is -0.617. The van der Waals surface area contributed by atoms with E-state index in [0.717, 1.165) is 22.1 Å². The van der Waals surface area contributed by atoms with Crippen LogP contribution in [0.4, 0.5) is 5.69 Å². The van der Waals surface area contributed by atoms with Gasteiger partial charge in [0.25, 0.3) is 5.91 Å². The number of carbonyl (C=O) groups excluding carboxylic acids is 2. The molecule has 1 heterocycles. The lowest BCUT2D eigenvalue weighted by Gasteiger charge is -2.11. The second-order valence-corrected chi connectivity index (χ2v) is 7.87. The molecular weight excluding hydrogens is 440 g/mol. The van der Waals surface area contributed by atoms with Gasteiger partial charge >= 0.3 is 0 Å². The fourth-order valence-electron chi connectivity index (χ4n) is 3.64. The molecule has 2 amide bonds. The van der Waals surface area contributed by atoms with Crippen LogP contribution in [0.3, 0.4) is 0 Å². The van der Waals surface area contributed by atoms with Crippen molar-refractivity contribution in [1.29, 1.82) is 0 Å². The third-order valence-electron chi connectivity index (χ3n) is 5.27. The molecule has 3 N–H and O–H groups in total. The second kappa shape index (κ2) is 9.22. The Morgan fingerprint density at radius 1 is 1.06 bits per heavy atom. The lowest BCUT2D eigenvalue weighted by Crippen LogP contribution is -2.17. The summed E-state index contributed by atoms with van der Waals surface area (Å²) in [6.45, 7) is 1.81. The molecule has 4 rings (SSSR count). The molecule has 0 radical (unpaired) electrons. The number of fused-ring (bicyclic) bond motifs is 1. The van der Waals surface area contributed by atoms with Crippen LogP contribution in [0.2, 0.25) is 5.02 Å². The van der Waals surface area contributed by atoms with Crippen molar-refractivity contribution in [3.63, 3.8) is 0 Å². The monoisotopic (exact) mass is 460 g/mol. The SMILES string of the molecule is COc1cc2occ(-c3ccc(Cl)cc3)c2cc1/C(C)=C/C(=O)Nc1ccccc1C(N)=O. The summed E-state index contributed by atoms with van der Waals surface area (Å²) in [5.41, 5.74) is 9.91. The van der Waals surface area contributed by atoms with Crippen LogP contribution in [-0.2, 0) is 4.79 Å². The molecule has 0 aliphatic heterocycles. The maximum Gasteiger partial charge on any atom is 0.250 e. The number of furan rings is 1. The van der Waals surface area contributed by atoms with Gasteiger partial charge in [-0.25, -0.2) is 0 Å². The van der Waals surface area contributed by atoms with Crippen LogP contribution in [-0.4, -0.2) is 18.9 Å². The van der Waals surface area contributed by atoms with Gasteiger partial charge in [-0.3, -0.25) is 9.59 Å². The summed E-state index contributed by atoms with van der Waals surface area (Å²) in [5.74, 6) is -0.444. The van der Waals surface area contributed by atoms with Crippen molar-refractivity contribution in [3.05, 3.63) is 89.2 Å². The van der Waals surface area contributed by atoms with Gasteiger partial charge in [0.15, 0.2) is 0 Å². The molecule has 1 aromatic heterocycles. The number of rotatable bonds is 6. The summed E-state index contributed by atoms with van der Waals surface area (Å²) in [7, 11) is 1.56. The lowest BCUT2D eigenvalue weighted by atomic mass is 9.99. The molecule has 0 fully saturated rings. The van der Waals surface area contributed by atoms with Gasteiger partial charge in [-0.05, 0) is 48.4 Å². The number of hydrogen-bond donors (Lipinski definition) is 2. The zero-order valence-electron chi connectivity index (χ0n) is 18.0. The zero-order valence-corrected chi connectivity index (χ0v) is 18.8. The first-order valence-corrected chi connectivity index (χ1v) is 10.5. The first kappa shape index (κ1) is 22.2. The number of para-hydroxylation sites is 1. The Morgan fingerprint density at radius 2 is 1.79 bits per heavy atom. The van der Waals surface area contributed by atoms with Crippen molar-refractivity contribution >= 4 is 45.6 Å². The molecule has 0 aliphatic rings. The van der Waals surface area contributed by atoms with Gasteiger partial charge in [-0.1, -0.05) is 35.9 Å². The van der Waals surface area contributed by atoms with Crippen molar-refractivity contribution in [1.82, 2.24) is 0 Å². The number of halogens is 1. The van der Waals surface area contributed by atoms with Crippen LogP contribution in [0.15, 0.2) is 77.4 Å². The molecule has 0 saturated heterocycles. The molecule has 3 aromatic carbocycles. The highest BCUT2D eigenvalue weighted by Crippen LogP contribution is 2.37. The summed E-state index contributed by atoms with van der Waals surface area (Å²) < 4.78 is 11.3. The summed E-state index contributed by atoms with van der Waals surface area (Å²) in [5, 5.41) is 4.24. The molecular formula is C26H21ClN2O4. The Bertz CT molecular complexity index is 1390. The van der Waals surface area contributed by atoms with Crippen LogP contribution < -0.4 is 15.8 Å². The highest BCUT2D eigenvalue weighted by atomic mass is 35.5. The van der Waals surface area contributed by atoms with E-state index in [9.17, 15) is 9.59 Å². The molecule has 0 bridgehead atoms. The van der Waals surface area contributed by atoms with E-state index in [1.165, 1.54) is 6.08 Å². The molecule has 0 unspecified atom stereocenters. The van der Waals surface area contributed by atoms with E-state index in [2.05, 4.69) is 5.32 Å². The van der Waals surface area contributed by atoms with E-state index in [0.29, 0.717) is 27.6 Å². The Balaban J connectivity index is 1.71. The number of benzene rings is 3. The highest BCUT2D eigenvalue weighted by Gasteiger charge is 2.16. The fraction of sp³-hybridized carbons (Fsp3) is 0.0769. The van der Waals surface area contributed by atoms with Gasteiger partial charge in [0.05, 0.1) is 24.6 Å². The lowest BCUT2D eigenvalue weighted by molar-refractivity contribution is -0.111. The van der Waals surface area contributed by atoms with Gasteiger partial charge in [0.1, 0.15) is 11.3 Å². The fourth-order valence-corrected chi connectivity index (χ4v) is 3.76. The van der Waals surface area contributed by atoms with Crippen LogP contribution in [0.25, 0.3) is 27.7 Å². The normalized spacial score (nSPS) is 11.4. The molecule has 0 spiro atoms. The average molecular weight is 461 g/mol. The van der Waals surface area contributed by atoms with E-state index >= 15 is 0 Å². The minimum Gasteiger partial charge on any atom is -0.496 e. The van der Waals surface area contributed by atoms with Crippen molar-refractivity contribution in [3.8, 4) is 16.9 Å². The van der Waals surface area contributed by atoms with Gasteiger partial charge in [0, 0.05) is 33.7 Å². The summed E-state index contributed by atoms with van der Waals surface area (Å²) in [6.07, 6.45) is 3.13.